The van der Waals surface area contributed by atoms with Gasteiger partial charge in [-0.25, -0.2) is 9.78 Å². The van der Waals surface area contributed by atoms with Crippen LogP contribution >= 0.6 is 0 Å². The Balaban J connectivity index is 1.51. The third kappa shape index (κ3) is 4.08. The number of nitrogens with zero attached hydrogens (tertiary/aromatic N) is 4. The van der Waals surface area contributed by atoms with Crippen molar-refractivity contribution in [3.8, 4) is 6.07 Å². The highest BCUT2D eigenvalue weighted by Gasteiger charge is 2.36. The van der Waals surface area contributed by atoms with Crippen molar-refractivity contribution in [3.05, 3.63) is 24.0 Å². The van der Waals surface area contributed by atoms with E-state index in [-0.39, 0.29) is 17.9 Å². The topological polar surface area (TPSA) is 89.3 Å². The van der Waals surface area contributed by atoms with E-state index >= 15 is 0 Å². The smallest absolute Gasteiger partial charge is 0.321 e. The lowest BCUT2D eigenvalue weighted by atomic mass is 10.1. The highest BCUT2D eigenvalue weighted by atomic mass is 16.2. The first-order valence-corrected chi connectivity index (χ1v) is 8.74. The fraction of sp³-hybridized carbons (Fsp3) is 0.556. The first-order valence-electron chi connectivity index (χ1n) is 8.74. The second-order valence-electron chi connectivity index (χ2n) is 6.91. The zero-order chi connectivity index (χ0) is 17.8. The molecule has 0 radical (unpaired) electrons. The van der Waals surface area contributed by atoms with Crippen molar-refractivity contribution >= 4 is 17.6 Å². The lowest BCUT2D eigenvalue weighted by Gasteiger charge is -2.25. The number of nitrogens with one attached hydrogen (secondary N) is 1. The van der Waals surface area contributed by atoms with Gasteiger partial charge in [-0.05, 0) is 25.0 Å². The Morgan fingerprint density at radius 1 is 1.44 bits per heavy atom. The minimum atomic E-state index is -0.238. The normalized spacial score (nSPS) is 20.6. The van der Waals surface area contributed by atoms with Crippen LogP contribution in [0.5, 0.6) is 0 Å². The van der Waals surface area contributed by atoms with Gasteiger partial charge in [-0.1, -0.05) is 12.8 Å². The van der Waals surface area contributed by atoms with Gasteiger partial charge in [0.1, 0.15) is 11.8 Å². The van der Waals surface area contributed by atoms with Crippen molar-refractivity contribution in [1.82, 2.24) is 14.8 Å². The zero-order valence-electron chi connectivity index (χ0n) is 14.4. The lowest BCUT2D eigenvalue weighted by molar-refractivity contribution is -0.129. The molecule has 3 amide bonds. The number of pyridine rings is 1. The summed E-state index contributed by atoms with van der Waals surface area (Å²) in [5.41, 5.74) is 0.855. The highest BCUT2D eigenvalue weighted by Crippen LogP contribution is 2.29. The molecule has 1 aliphatic carbocycles. The molecule has 1 saturated heterocycles. The van der Waals surface area contributed by atoms with Crippen molar-refractivity contribution in [2.45, 2.75) is 38.1 Å². The van der Waals surface area contributed by atoms with Gasteiger partial charge in [0.25, 0.3) is 0 Å². The number of anilines is 1. The molecule has 7 nitrogen and oxygen atoms in total. The van der Waals surface area contributed by atoms with Gasteiger partial charge in [0, 0.05) is 38.5 Å². The van der Waals surface area contributed by atoms with E-state index in [1.807, 2.05) is 11.0 Å². The molecule has 1 aliphatic heterocycles. The van der Waals surface area contributed by atoms with E-state index in [0.717, 1.165) is 19.4 Å². The summed E-state index contributed by atoms with van der Waals surface area (Å²) in [6, 6.07) is 5.32. The van der Waals surface area contributed by atoms with Crippen LogP contribution in [0.4, 0.5) is 10.5 Å². The van der Waals surface area contributed by atoms with Crippen LogP contribution in [0.1, 0.15) is 37.8 Å². The first kappa shape index (κ1) is 17.2. The number of carbonyl (C=O) groups is 2. The number of nitriles is 1. The predicted molar refractivity (Wildman–Crippen MR) is 92.7 cm³/mol. The molecule has 2 fully saturated rings. The SMILES string of the molecule is CN(C[C@H]1CC(=O)N(C2CCCC2)C1)C(=O)Nc1ccc(C#N)nc1. The van der Waals surface area contributed by atoms with Crippen LogP contribution in [-0.2, 0) is 4.79 Å². The molecule has 3 rings (SSSR count). The van der Waals surface area contributed by atoms with Crippen molar-refractivity contribution < 1.29 is 9.59 Å². The molecule has 7 heteroatoms. The van der Waals surface area contributed by atoms with Gasteiger partial charge in [-0.2, -0.15) is 5.26 Å². The molecule has 0 unspecified atom stereocenters. The van der Waals surface area contributed by atoms with Gasteiger partial charge in [0.05, 0.1) is 11.9 Å². The standard InChI is InChI=1S/C18H23N5O2/c1-22(18(25)21-15-7-6-14(9-19)20-10-15)11-13-8-17(24)23(12-13)16-4-2-3-5-16/h6-7,10,13,16H,2-5,8,11-12H2,1H3,(H,21,25)/t13-/m1/s1. The van der Waals surface area contributed by atoms with Crippen LogP contribution in [0.2, 0.25) is 0 Å². The van der Waals surface area contributed by atoms with E-state index in [1.54, 1.807) is 24.1 Å². The van der Waals surface area contributed by atoms with E-state index in [4.69, 9.17) is 5.26 Å². The molecule has 1 atom stereocenters. The van der Waals surface area contributed by atoms with Crippen LogP contribution in [0, 0.1) is 17.2 Å². The molecule has 0 spiro atoms. The number of urea groups is 1. The van der Waals surface area contributed by atoms with Gasteiger partial charge in [0.15, 0.2) is 0 Å². The summed E-state index contributed by atoms with van der Waals surface area (Å²) in [6.45, 7) is 1.30. The summed E-state index contributed by atoms with van der Waals surface area (Å²) < 4.78 is 0. The lowest BCUT2D eigenvalue weighted by Crippen LogP contribution is -2.37. The molecular weight excluding hydrogens is 318 g/mol. The van der Waals surface area contributed by atoms with Crippen molar-refractivity contribution in [2.75, 3.05) is 25.5 Å². The molecule has 1 aromatic rings. The summed E-state index contributed by atoms with van der Waals surface area (Å²) in [7, 11) is 1.73. The summed E-state index contributed by atoms with van der Waals surface area (Å²) in [4.78, 5) is 32.1. The van der Waals surface area contributed by atoms with Crippen molar-refractivity contribution in [3.63, 3.8) is 0 Å². The second kappa shape index (κ2) is 7.51. The van der Waals surface area contributed by atoms with Gasteiger partial charge >= 0.3 is 6.03 Å². The quantitative estimate of drug-likeness (QED) is 0.909. The van der Waals surface area contributed by atoms with Gasteiger partial charge in [0.2, 0.25) is 5.91 Å². The van der Waals surface area contributed by atoms with Crippen LogP contribution in [0.15, 0.2) is 18.3 Å². The third-order valence-electron chi connectivity index (χ3n) is 5.01. The Bertz CT molecular complexity index is 676. The molecule has 1 saturated carbocycles. The summed E-state index contributed by atoms with van der Waals surface area (Å²) in [6.07, 6.45) is 6.62. The number of likely N-dealkylation sites (tertiary alicyclic amines) is 1. The van der Waals surface area contributed by atoms with E-state index in [0.29, 0.717) is 30.4 Å². The average molecular weight is 341 g/mol. The molecule has 132 valence electrons. The Labute approximate surface area is 147 Å². The van der Waals surface area contributed by atoms with Crippen LogP contribution < -0.4 is 5.32 Å². The molecule has 2 heterocycles. The Kier molecular flexibility index (Phi) is 5.17. The maximum absolute atomic E-state index is 12.3. The minimum Gasteiger partial charge on any atom is -0.339 e. The number of hydrogen-bond donors (Lipinski definition) is 1. The highest BCUT2D eigenvalue weighted by molar-refractivity contribution is 5.89. The van der Waals surface area contributed by atoms with Crippen LogP contribution in [0.25, 0.3) is 0 Å². The average Bonchev–Trinajstić information content (AvgIpc) is 3.25. The predicted octanol–water partition coefficient (Wildman–Crippen LogP) is 2.21. The maximum atomic E-state index is 12.3. The number of amides is 3. The maximum Gasteiger partial charge on any atom is 0.321 e. The summed E-state index contributed by atoms with van der Waals surface area (Å²) >= 11 is 0. The zero-order valence-corrected chi connectivity index (χ0v) is 14.4. The summed E-state index contributed by atoms with van der Waals surface area (Å²) in [5, 5.41) is 11.5. The van der Waals surface area contributed by atoms with E-state index in [2.05, 4.69) is 10.3 Å². The molecule has 2 aliphatic rings. The van der Waals surface area contributed by atoms with E-state index < -0.39 is 0 Å². The molecule has 1 N–H and O–H groups in total. The number of aromatic nitrogens is 1. The number of carbonyl (C=O) groups excluding carboxylic acids is 2. The van der Waals surface area contributed by atoms with Crippen LogP contribution in [0.3, 0.4) is 0 Å². The monoisotopic (exact) mass is 341 g/mol. The van der Waals surface area contributed by atoms with Gasteiger partial charge < -0.3 is 15.1 Å². The fourth-order valence-corrected chi connectivity index (χ4v) is 3.72. The molecule has 25 heavy (non-hydrogen) atoms. The molecule has 1 aromatic heterocycles. The second-order valence-corrected chi connectivity index (χ2v) is 6.91. The molecule has 0 aromatic carbocycles. The largest absolute Gasteiger partial charge is 0.339 e. The Hall–Kier alpha value is -2.62. The van der Waals surface area contributed by atoms with Gasteiger partial charge in [-0.15, -0.1) is 0 Å². The molecular formula is C18H23N5O2. The minimum absolute atomic E-state index is 0.183. The first-order chi connectivity index (χ1) is 12.1. The van der Waals surface area contributed by atoms with E-state index in [9.17, 15) is 9.59 Å². The Morgan fingerprint density at radius 2 is 2.20 bits per heavy atom. The third-order valence-corrected chi connectivity index (χ3v) is 5.01. The summed E-state index contributed by atoms with van der Waals surface area (Å²) in [5.74, 6) is 0.407. The Morgan fingerprint density at radius 3 is 2.84 bits per heavy atom. The van der Waals surface area contributed by atoms with Crippen molar-refractivity contribution in [2.24, 2.45) is 5.92 Å². The fourth-order valence-electron chi connectivity index (χ4n) is 3.72. The van der Waals surface area contributed by atoms with Crippen LogP contribution in [-0.4, -0.2) is 52.9 Å². The number of hydrogen-bond acceptors (Lipinski definition) is 4. The van der Waals surface area contributed by atoms with E-state index in [1.165, 1.54) is 19.0 Å². The van der Waals surface area contributed by atoms with Gasteiger partial charge in [-0.3, -0.25) is 4.79 Å². The number of rotatable bonds is 4. The molecule has 0 bridgehead atoms. The van der Waals surface area contributed by atoms with Crippen molar-refractivity contribution in [1.29, 1.82) is 5.26 Å².